The van der Waals surface area contributed by atoms with Crippen LogP contribution in [0.25, 0.3) is 10.2 Å². The van der Waals surface area contributed by atoms with Crippen LogP contribution in [0.2, 0.25) is 0 Å². The highest BCUT2D eigenvalue weighted by atomic mass is 32.1. The van der Waals surface area contributed by atoms with Gasteiger partial charge in [-0.3, -0.25) is 4.79 Å². The molecule has 0 radical (unpaired) electrons. The van der Waals surface area contributed by atoms with Crippen LogP contribution in [-0.2, 0) is 4.79 Å². The monoisotopic (exact) mass is 354 g/mol. The lowest BCUT2D eigenvalue weighted by Gasteiger charge is -2.31. The minimum absolute atomic E-state index is 0.0935. The van der Waals surface area contributed by atoms with Gasteiger partial charge in [-0.05, 0) is 32.5 Å². The maximum atomic E-state index is 13.7. The number of thiazole rings is 1. The maximum absolute atomic E-state index is 13.7. The predicted octanol–water partition coefficient (Wildman–Crippen LogP) is 2.44. The summed E-state index contributed by atoms with van der Waals surface area (Å²) in [6.45, 7) is 3.50. The van der Waals surface area contributed by atoms with E-state index in [0.717, 1.165) is 49.9 Å². The Bertz CT molecular complexity index is 736. The van der Waals surface area contributed by atoms with Gasteiger partial charge in [0.25, 0.3) is 0 Å². The van der Waals surface area contributed by atoms with Crippen molar-refractivity contribution in [3.63, 3.8) is 0 Å². The number of hydrogen-bond donors (Lipinski definition) is 2. The Labute approximate surface area is 143 Å². The van der Waals surface area contributed by atoms with Crippen LogP contribution in [0.4, 0.5) is 13.9 Å². The second-order valence-electron chi connectivity index (χ2n) is 5.99. The van der Waals surface area contributed by atoms with E-state index >= 15 is 0 Å². The van der Waals surface area contributed by atoms with Crippen molar-refractivity contribution in [2.75, 3.05) is 38.5 Å². The van der Waals surface area contributed by atoms with Gasteiger partial charge in [-0.2, -0.15) is 0 Å². The zero-order valence-corrected chi connectivity index (χ0v) is 14.3. The average Bonchev–Trinajstić information content (AvgIpc) is 2.95. The number of nitrogens with zero attached hydrogens (tertiary/aromatic N) is 2. The Hall–Kier alpha value is -1.64. The number of halogens is 2. The fourth-order valence-corrected chi connectivity index (χ4v) is 3.87. The molecular weight excluding hydrogens is 334 g/mol. The number of amides is 1. The number of likely N-dealkylation sites (tertiary alicyclic amines) is 1. The summed E-state index contributed by atoms with van der Waals surface area (Å²) in [5.74, 6) is -1.57. The minimum Gasteiger partial charge on any atom is -0.318 e. The molecule has 1 atom stereocenters. The van der Waals surface area contributed by atoms with Crippen LogP contribution in [0, 0.1) is 17.6 Å². The molecule has 1 fully saturated rings. The number of hydrogen-bond acceptors (Lipinski definition) is 5. The number of carbonyl (C=O) groups excluding carboxylic acids is 1. The lowest BCUT2D eigenvalue weighted by atomic mass is 9.97. The average molecular weight is 354 g/mol. The van der Waals surface area contributed by atoms with Crippen molar-refractivity contribution in [1.29, 1.82) is 0 Å². The molecule has 130 valence electrons. The van der Waals surface area contributed by atoms with Gasteiger partial charge in [-0.25, -0.2) is 13.8 Å². The largest absolute Gasteiger partial charge is 0.318 e. The van der Waals surface area contributed by atoms with E-state index in [9.17, 15) is 13.6 Å². The second-order valence-corrected chi connectivity index (χ2v) is 7.02. The van der Waals surface area contributed by atoms with E-state index in [1.807, 2.05) is 7.05 Å². The van der Waals surface area contributed by atoms with Gasteiger partial charge in [0.15, 0.2) is 10.9 Å². The van der Waals surface area contributed by atoms with Crippen molar-refractivity contribution >= 4 is 32.6 Å². The van der Waals surface area contributed by atoms with Gasteiger partial charge in [0, 0.05) is 25.7 Å². The van der Waals surface area contributed by atoms with Crippen LogP contribution < -0.4 is 10.6 Å². The number of benzene rings is 1. The molecule has 0 saturated carbocycles. The van der Waals surface area contributed by atoms with Gasteiger partial charge < -0.3 is 15.5 Å². The molecule has 1 aromatic heterocycles. The van der Waals surface area contributed by atoms with Gasteiger partial charge in [-0.1, -0.05) is 11.3 Å². The molecule has 8 heteroatoms. The summed E-state index contributed by atoms with van der Waals surface area (Å²) in [5, 5.41) is 6.18. The molecule has 0 spiro atoms. The van der Waals surface area contributed by atoms with E-state index < -0.39 is 11.6 Å². The highest BCUT2D eigenvalue weighted by molar-refractivity contribution is 7.22. The molecule has 1 aliphatic heterocycles. The number of aromatic nitrogens is 1. The first-order chi connectivity index (χ1) is 11.6. The van der Waals surface area contributed by atoms with Crippen molar-refractivity contribution in [1.82, 2.24) is 15.2 Å². The molecule has 0 bridgehead atoms. The van der Waals surface area contributed by atoms with E-state index in [-0.39, 0.29) is 17.3 Å². The molecule has 24 heavy (non-hydrogen) atoms. The first-order valence-electron chi connectivity index (χ1n) is 8.00. The molecule has 2 heterocycles. The molecule has 1 saturated heterocycles. The smallest absolute Gasteiger partial charge is 0.230 e. The summed E-state index contributed by atoms with van der Waals surface area (Å²) in [7, 11) is 1.91. The van der Waals surface area contributed by atoms with E-state index in [0.29, 0.717) is 16.4 Å². The highest BCUT2D eigenvalue weighted by Gasteiger charge is 2.26. The number of rotatable bonds is 5. The second kappa shape index (κ2) is 7.50. The molecule has 0 aliphatic carbocycles. The number of anilines is 1. The molecule has 2 N–H and O–H groups in total. The zero-order chi connectivity index (χ0) is 17.1. The Morgan fingerprint density at radius 1 is 1.46 bits per heavy atom. The Balaban J connectivity index is 1.67. The topological polar surface area (TPSA) is 57.3 Å². The number of nitrogens with one attached hydrogen (secondary N) is 2. The fourth-order valence-electron chi connectivity index (χ4n) is 2.96. The standard InChI is InChI=1S/C16H20F2N4OS/c1-19-4-6-22-5-2-3-10(9-22)15(23)21-16-20-14-12(18)7-11(17)8-13(14)24-16/h7-8,10,19H,2-6,9H2,1H3,(H,20,21,23). The molecule has 1 aromatic carbocycles. The van der Waals surface area contributed by atoms with E-state index in [1.54, 1.807) is 0 Å². The summed E-state index contributed by atoms with van der Waals surface area (Å²) in [6, 6.07) is 2.03. The molecule has 1 amide bonds. The van der Waals surface area contributed by atoms with Gasteiger partial charge in [0.2, 0.25) is 5.91 Å². The fraction of sp³-hybridized carbons (Fsp3) is 0.500. The minimum atomic E-state index is -0.711. The van der Waals surface area contributed by atoms with Crippen LogP contribution in [-0.4, -0.2) is 49.0 Å². The van der Waals surface area contributed by atoms with Crippen LogP contribution in [0.1, 0.15) is 12.8 Å². The SMILES string of the molecule is CNCCN1CCCC(C(=O)Nc2nc3c(F)cc(F)cc3s2)C1. The van der Waals surface area contributed by atoms with E-state index in [4.69, 9.17) is 0 Å². The van der Waals surface area contributed by atoms with Crippen LogP contribution >= 0.6 is 11.3 Å². The van der Waals surface area contributed by atoms with Gasteiger partial charge in [-0.15, -0.1) is 0 Å². The van der Waals surface area contributed by atoms with Gasteiger partial charge in [0.05, 0.1) is 10.6 Å². The molecular formula is C16H20F2N4OS. The van der Waals surface area contributed by atoms with Crippen LogP contribution in [0.15, 0.2) is 12.1 Å². The maximum Gasteiger partial charge on any atom is 0.230 e. The van der Waals surface area contributed by atoms with Crippen molar-refractivity contribution in [2.45, 2.75) is 12.8 Å². The number of fused-ring (bicyclic) bond motifs is 1. The molecule has 3 rings (SSSR count). The van der Waals surface area contributed by atoms with Crippen molar-refractivity contribution in [2.24, 2.45) is 5.92 Å². The lowest BCUT2D eigenvalue weighted by Crippen LogP contribution is -2.42. The van der Waals surface area contributed by atoms with Crippen molar-refractivity contribution < 1.29 is 13.6 Å². The van der Waals surface area contributed by atoms with Gasteiger partial charge in [0.1, 0.15) is 11.3 Å². The Kier molecular flexibility index (Phi) is 5.37. The number of piperidine rings is 1. The number of likely N-dealkylation sites (N-methyl/N-ethyl adjacent to an activating group) is 1. The van der Waals surface area contributed by atoms with Gasteiger partial charge >= 0.3 is 0 Å². The Morgan fingerprint density at radius 2 is 2.29 bits per heavy atom. The third-order valence-corrected chi connectivity index (χ3v) is 5.12. The van der Waals surface area contributed by atoms with Crippen molar-refractivity contribution in [3.8, 4) is 0 Å². The normalized spacial score (nSPS) is 18.9. The quantitative estimate of drug-likeness (QED) is 0.866. The summed E-state index contributed by atoms with van der Waals surface area (Å²) >= 11 is 1.09. The predicted molar refractivity (Wildman–Crippen MR) is 91.3 cm³/mol. The Morgan fingerprint density at radius 3 is 3.08 bits per heavy atom. The van der Waals surface area contributed by atoms with Crippen LogP contribution in [0.3, 0.4) is 0 Å². The molecule has 2 aromatic rings. The van der Waals surface area contributed by atoms with E-state index in [1.165, 1.54) is 6.07 Å². The summed E-state index contributed by atoms with van der Waals surface area (Å²) in [6.07, 6.45) is 1.80. The summed E-state index contributed by atoms with van der Waals surface area (Å²) in [5.41, 5.74) is 0.0935. The first kappa shape index (κ1) is 17.2. The van der Waals surface area contributed by atoms with Crippen LogP contribution in [0.5, 0.6) is 0 Å². The molecule has 1 aliphatic rings. The summed E-state index contributed by atoms with van der Waals surface area (Å²) in [4.78, 5) is 18.8. The first-order valence-corrected chi connectivity index (χ1v) is 8.82. The zero-order valence-electron chi connectivity index (χ0n) is 13.4. The third kappa shape index (κ3) is 3.88. The van der Waals surface area contributed by atoms with E-state index in [2.05, 4.69) is 20.5 Å². The molecule has 5 nitrogen and oxygen atoms in total. The van der Waals surface area contributed by atoms with Crippen molar-refractivity contribution in [3.05, 3.63) is 23.8 Å². The lowest BCUT2D eigenvalue weighted by molar-refractivity contribution is -0.121. The number of carbonyl (C=O) groups is 1. The molecule has 1 unspecified atom stereocenters. The highest BCUT2D eigenvalue weighted by Crippen LogP contribution is 2.29. The third-order valence-electron chi connectivity index (χ3n) is 4.20. The summed E-state index contributed by atoms with van der Waals surface area (Å²) < 4.78 is 27.3.